The number of benzene rings is 2. The molecular weight excluding hydrogens is 514 g/mol. The molecule has 3 rings (SSSR count). The van der Waals surface area contributed by atoms with E-state index in [1.54, 1.807) is 13.0 Å². The van der Waals surface area contributed by atoms with Crippen LogP contribution < -0.4 is 14.4 Å². The molecule has 0 unspecified atom stereocenters. The molecular formula is C27H36ClN3O5S. The van der Waals surface area contributed by atoms with Crippen LogP contribution in [-0.4, -0.2) is 63.7 Å². The number of amides is 2. The first-order valence-electron chi connectivity index (χ1n) is 12.5. The number of hydrogen-bond acceptors (Lipinski definition) is 5. The predicted molar refractivity (Wildman–Crippen MR) is 147 cm³/mol. The first kappa shape index (κ1) is 28.8. The number of methoxy groups -OCH3 is 1. The first-order chi connectivity index (χ1) is 17.6. The van der Waals surface area contributed by atoms with E-state index < -0.39 is 28.5 Å². The highest BCUT2D eigenvalue weighted by Crippen LogP contribution is 2.30. The maximum Gasteiger partial charge on any atom is 0.244 e. The Morgan fingerprint density at radius 3 is 2.38 bits per heavy atom. The van der Waals surface area contributed by atoms with E-state index in [-0.39, 0.29) is 29.2 Å². The molecule has 0 saturated heterocycles. The van der Waals surface area contributed by atoms with Crippen LogP contribution in [0, 0.1) is 0 Å². The molecule has 1 aliphatic carbocycles. The van der Waals surface area contributed by atoms with Crippen molar-refractivity contribution in [1.29, 1.82) is 0 Å². The van der Waals surface area contributed by atoms with E-state index in [9.17, 15) is 18.0 Å². The summed E-state index contributed by atoms with van der Waals surface area (Å²) in [4.78, 5) is 28.3. The van der Waals surface area contributed by atoms with Crippen LogP contribution in [0.15, 0.2) is 48.5 Å². The van der Waals surface area contributed by atoms with E-state index in [2.05, 4.69) is 5.32 Å². The molecule has 37 heavy (non-hydrogen) atoms. The molecule has 0 radical (unpaired) electrons. The van der Waals surface area contributed by atoms with Gasteiger partial charge in [-0.3, -0.25) is 13.9 Å². The van der Waals surface area contributed by atoms with Crippen LogP contribution in [0.5, 0.6) is 5.75 Å². The average molecular weight is 550 g/mol. The van der Waals surface area contributed by atoms with Gasteiger partial charge in [0.05, 0.1) is 24.1 Å². The molecule has 10 heteroatoms. The summed E-state index contributed by atoms with van der Waals surface area (Å²) in [6.45, 7) is 1.50. The van der Waals surface area contributed by atoms with Crippen molar-refractivity contribution < 1.29 is 22.7 Å². The van der Waals surface area contributed by atoms with Crippen molar-refractivity contribution >= 4 is 39.1 Å². The summed E-state index contributed by atoms with van der Waals surface area (Å²) < 4.78 is 31.6. The van der Waals surface area contributed by atoms with Crippen molar-refractivity contribution in [2.45, 2.75) is 57.5 Å². The van der Waals surface area contributed by atoms with Crippen molar-refractivity contribution in [3.63, 3.8) is 0 Å². The van der Waals surface area contributed by atoms with E-state index in [0.717, 1.165) is 41.8 Å². The zero-order chi connectivity index (χ0) is 27.0. The van der Waals surface area contributed by atoms with Gasteiger partial charge in [-0.2, -0.15) is 0 Å². The Labute approximate surface area is 225 Å². The van der Waals surface area contributed by atoms with Crippen molar-refractivity contribution in [3.05, 3.63) is 59.1 Å². The molecule has 0 aliphatic heterocycles. The van der Waals surface area contributed by atoms with Crippen molar-refractivity contribution in [2.75, 3.05) is 30.8 Å². The Kier molecular flexibility index (Phi) is 10.2. The summed E-state index contributed by atoms with van der Waals surface area (Å²) in [5.74, 6) is -0.311. The summed E-state index contributed by atoms with van der Waals surface area (Å²) in [7, 11) is -2.37. The van der Waals surface area contributed by atoms with Crippen molar-refractivity contribution in [2.24, 2.45) is 0 Å². The van der Waals surface area contributed by atoms with Crippen molar-refractivity contribution in [3.8, 4) is 5.75 Å². The summed E-state index contributed by atoms with van der Waals surface area (Å²) in [5.41, 5.74) is 1.26. The van der Waals surface area contributed by atoms with Gasteiger partial charge < -0.3 is 15.0 Å². The monoisotopic (exact) mass is 549 g/mol. The van der Waals surface area contributed by atoms with E-state index >= 15 is 0 Å². The largest absolute Gasteiger partial charge is 0.495 e. The van der Waals surface area contributed by atoms with E-state index in [1.807, 2.05) is 30.3 Å². The highest BCUT2D eigenvalue weighted by Gasteiger charge is 2.31. The smallest absolute Gasteiger partial charge is 0.244 e. The third kappa shape index (κ3) is 8.10. The molecule has 0 aromatic heterocycles. The predicted octanol–water partition coefficient (Wildman–Crippen LogP) is 4.02. The maximum absolute atomic E-state index is 13.6. The fourth-order valence-electron chi connectivity index (χ4n) is 4.56. The van der Waals surface area contributed by atoms with E-state index in [1.165, 1.54) is 30.6 Å². The Morgan fingerprint density at radius 2 is 1.78 bits per heavy atom. The first-order valence-corrected chi connectivity index (χ1v) is 14.8. The zero-order valence-electron chi connectivity index (χ0n) is 21.7. The SMILES string of the molecule is COc1ccc(N(CC(=O)N(CCc2ccccc2)[C@H](C)C(=O)NC2CCCCC2)S(C)(=O)=O)cc1Cl. The third-order valence-electron chi connectivity index (χ3n) is 6.71. The molecule has 1 atom stereocenters. The van der Waals surface area contributed by atoms with Gasteiger partial charge in [0.25, 0.3) is 0 Å². The molecule has 0 heterocycles. The minimum Gasteiger partial charge on any atom is -0.495 e. The van der Waals surface area contributed by atoms with Crippen LogP contribution in [-0.2, 0) is 26.0 Å². The van der Waals surface area contributed by atoms with Gasteiger partial charge >= 0.3 is 0 Å². The highest BCUT2D eigenvalue weighted by atomic mass is 35.5. The fourth-order valence-corrected chi connectivity index (χ4v) is 5.66. The molecule has 0 bridgehead atoms. The lowest BCUT2D eigenvalue weighted by Crippen LogP contribution is -2.53. The van der Waals surface area contributed by atoms with Crippen LogP contribution in [0.3, 0.4) is 0 Å². The van der Waals surface area contributed by atoms with Gasteiger partial charge in [0.1, 0.15) is 18.3 Å². The van der Waals surface area contributed by atoms with Gasteiger partial charge in [0, 0.05) is 12.6 Å². The number of anilines is 1. The summed E-state index contributed by atoms with van der Waals surface area (Å²) in [6, 6.07) is 13.5. The van der Waals surface area contributed by atoms with E-state index in [4.69, 9.17) is 16.3 Å². The van der Waals surface area contributed by atoms with Gasteiger partial charge in [-0.15, -0.1) is 0 Å². The maximum atomic E-state index is 13.6. The minimum absolute atomic E-state index is 0.101. The van der Waals surface area contributed by atoms with Gasteiger partial charge in [-0.05, 0) is 49.9 Å². The number of rotatable bonds is 11. The summed E-state index contributed by atoms with van der Waals surface area (Å²) in [6.07, 6.45) is 6.73. The van der Waals surface area contributed by atoms with Crippen LogP contribution in [0.4, 0.5) is 5.69 Å². The molecule has 1 N–H and O–H groups in total. The summed E-state index contributed by atoms with van der Waals surface area (Å²) in [5, 5.41) is 3.32. The average Bonchev–Trinajstić information content (AvgIpc) is 2.87. The van der Waals surface area contributed by atoms with Crippen LogP contribution in [0.25, 0.3) is 0 Å². The Hall–Kier alpha value is -2.78. The second-order valence-corrected chi connectivity index (χ2v) is 11.7. The molecule has 0 spiro atoms. The zero-order valence-corrected chi connectivity index (χ0v) is 23.2. The Morgan fingerprint density at radius 1 is 1.11 bits per heavy atom. The number of nitrogens with one attached hydrogen (secondary N) is 1. The molecule has 8 nitrogen and oxygen atoms in total. The lowest BCUT2D eigenvalue weighted by Gasteiger charge is -2.33. The number of carbonyl (C=O) groups is 2. The second kappa shape index (κ2) is 13.1. The van der Waals surface area contributed by atoms with Crippen LogP contribution >= 0.6 is 11.6 Å². The Bertz CT molecular complexity index is 1170. The molecule has 2 amide bonds. The van der Waals surface area contributed by atoms with E-state index in [0.29, 0.717) is 12.2 Å². The lowest BCUT2D eigenvalue weighted by molar-refractivity contribution is -0.139. The standard InChI is InChI=1S/C27H36ClN3O5S/c1-20(27(33)29-22-12-8-5-9-13-22)30(17-16-21-10-6-4-7-11-21)26(32)19-31(37(3,34)35)23-14-15-25(36-2)24(28)18-23/h4,6-7,10-11,14-15,18,20,22H,5,8-9,12-13,16-17,19H2,1-3H3,(H,29,33)/t20-/m1/s1. The topological polar surface area (TPSA) is 96.0 Å². The third-order valence-corrected chi connectivity index (χ3v) is 8.14. The number of sulfonamides is 1. The van der Waals surface area contributed by atoms with Gasteiger partial charge in [-0.25, -0.2) is 8.42 Å². The Balaban J connectivity index is 1.83. The quantitative estimate of drug-likeness (QED) is 0.456. The van der Waals surface area contributed by atoms with Crippen molar-refractivity contribution in [1.82, 2.24) is 10.2 Å². The summed E-state index contributed by atoms with van der Waals surface area (Å²) >= 11 is 6.23. The number of halogens is 1. The normalized spacial score (nSPS) is 15.0. The second-order valence-electron chi connectivity index (χ2n) is 9.43. The molecule has 2 aromatic carbocycles. The van der Waals surface area contributed by atoms with Gasteiger partial charge in [0.15, 0.2) is 0 Å². The van der Waals surface area contributed by atoms with Gasteiger partial charge in [0.2, 0.25) is 21.8 Å². The molecule has 1 aliphatic rings. The lowest BCUT2D eigenvalue weighted by atomic mass is 9.95. The van der Waals surface area contributed by atoms with Gasteiger partial charge in [-0.1, -0.05) is 61.2 Å². The number of carbonyl (C=O) groups excluding carboxylic acids is 2. The molecule has 1 saturated carbocycles. The number of nitrogens with zero attached hydrogens (tertiary/aromatic N) is 2. The molecule has 1 fully saturated rings. The van der Waals surface area contributed by atoms with Crippen LogP contribution in [0.1, 0.15) is 44.6 Å². The molecule has 202 valence electrons. The number of ether oxygens (including phenoxy) is 1. The molecule has 2 aromatic rings. The number of hydrogen-bond donors (Lipinski definition) is 1. The fraction of sp³-hybridized carbons (Fsp3) is 0.481. The highest BCUT2D eigenvalue weighted by molar-refractivity contribution is 7.92. The minimum atomic E-state index is -3.83. The van der Waals surface area contributed by atoms with Crippen LogP contribution in [0.2, 0.25) is 5.02 Å².